The van der Waals surface area contributed by atoms with Gasteiger partial charge in [0.05, 0.1) is 0 Å². The molecule has 0 heterocycles. The molecule has 0 unspecified atom stereocenters. The third-order valence-corrected chi connectivity index (χ3v) is 0. The van der Waals surface area contributed by atoms with Crippen LogP contribution in [0.1, 0.15) is 0 Å². The maximum atomic E-state index is 8.52. The molecule has 0 rings (SSSR count). The van der Waals surface area contributed by atoms with Gasteiger partial charge in [-0.2, -0.15) is 0 Å². The maximum absolute atomic E-state index is 8.52. The van der Waals surface area contributed by atoms with Crippen molar-refractivity contribution in [2.45, 2.75) is 0 Å². The Kier molecular flexibility index (Phi) is 14.4. The molecular weight excluding hydrogens is 305 g/mol. The summed E-state index contributed by atoms with van der Waals surface area (Å²) in [5, 5.41) is 0. The van der Waals surface area contributed by atoms with Gasteiger partial charge in [-0.25, -0.2) is 0 Å². The third kappa shape index (κ3) is 66.1. The molecule has 7 heteroatoms. The zero-order valence-corrected chi connectivity index (χ0v) is 10.0. The van der Waals surface area contributed by atoms with E-state index in [1.54, 1.807) is 0 Å². The fourth-order valence-corrected chi connectivity index (χ4v) is 0. The van der Waals surface area contributed by atoms with Gasteiger partial charge in [-0.05, 0) is 0 Å². The van der Waals surface area contributed by atoms with Gasteiger partial charge in [0.25, 0.3) is 0 Å². The Hall–Kier alpha value is 2.17. The van der Waals surface area contributed by atoms with Gasteiger partial charge in [0.1, 0.15) is 0 Å². The minimum Gasteiger partial charge on any atom is -0.759 e. The van der Waals surface area contributed by atoms with Crippen LogP contribution in [-0.4, -0.2) is 87.4 Å². The predicted molar refractivity (Wildman–Crippen MR) is 22.0 cm³/mol. The number of hydrogen-bond acceptors (Lipinski definition) is 4. The van der Waals surface area contributed by atoms with E-state index in [1.807, 2.05) is 0 Å². The summed E-state index contributed by atoms with van der Waals surface area (Å²) in [5.74, 6) is 0. The van der Waals surface area contributed by atoms with Gasteiger partial charge in [-0.1, -0.05) is 0 Å². The summed E-state index contributed by atoms with van der Waals surface area (Å²) >= 11 is 0. The molecule has 0 aromatic rings. The van der Waals surface area contributed by atoms with Crippen molar-refractivity contribution in [3.8, 4) is 0 Å². The van der Waals surface area contributed by atoms with Crippen molar-refractivity contribution in [2.75, 3.05) is 0 Å². The molecule has 7 heavy (non-hydrogen) atoms. The molecule has 2 radical (unpaired) electrons. The van der Waals surface area contributed by atoms with E-state index in [1.165, 1.54) is 0 Å². The largest absolute Gasteiger partial charge is 3.00 e. The second kappa shape index (κ2) is 6.29. The van der Waals surface area contributed by atoms with Crippen LogP contribution in [0, 0.1) is 0 Å². The molecule has 4 nitrogen and oxygen atoms in total. The summed E-state index contributed by atoms with van der Waals surface area (Å²) in [6.07, 6.45) is 0. The van der Waals surface area contributed by atoms with Gasteiger partial charge in [-0.15, -0.1) is 0 Å². The van der Waals surface area contributed by atoms with Crippen LogP contribution in [0.4, 0.5) is 0 Å². The smallest absolute Gasteiger partial charge is 0.759 e. The van der Waals surface area contributed by atoms with Crippen LogP contribution < -0.4 is 0 Å². The Bertz CT molecular complexity index is 94.9. The number of hydrogen-bond donors (Lipinski definition) is 0. The Morgan fingerprint density at radius 2 is 1.14 bits per heavy atom. The molecule has 0 saturated heterocycles. The fraction of sp³-hybridized carbons (Fsp3) is 0. The van der Waals surface area contributed by atoms with E-state index < -0.39 is 10.4 Å². The Balaban J connectivity index is -0.0000000800. The Labute approximate surface area is 96.0 Å². The van der Waals surface area contributed by atoms with Crippen LogP contribution in [0.2, 0.25) is 0 Å². The third-order valence-electron chi connectivity index (χ3n) is 0. The standard InChI is InChI=1S/H2O4S.Sb.Sr/c1-5(2,3)4;;/h(H2,1,2,3,4);;/q;+3;+2/p-2. The molecule has 0 aromatic heterocycles. The van der Waals surface area contributed by atoms with Gasteiger partial charge in [0.15, 0.2) is 0 Å². The van der Waals surface area contributed by atoms with Crippen LogP contribution in [0.15, 0.2) is 0 Å². The molecule has 34 valence electrons. The minimum absolute atomic E-state index is 0. The molecule has 0 saturated carbocycles. The van der Waals surface area contributed by atoms with Crippen molar-refractivity contribution >= 4 is 80.3 Å². The van der Waals surface area contributed by atoms with Crippen LogP contribution >= 0.6 is 0 Å². The molecule has 0 amide bonds. The van der Waals surface area contributed by atoms with Gasteiger partial charge in [-0.3, -0.25) is 8.42 Å². The quantitative estimate of drug-likeness (QED) is 0.292. The van der Waals surface area contributed by atoms with E-state index in [4.69, 9.17) is 17.5 Å². The predicted octanol–water partition coefficient (Wildman–Crippen LogP) is -2.10. The Morgan fingerprint density at radius 1 is 1.14 bits per heavy atom. The van der Waals surface area contributed by atoms with E-state index in [0.29, 0.717) is 0 Å². The van der Waals surface area contributed by atoms with E-state index in [-0.39, 0.29) is 69.9 Å². The summed E-state index contributed by atoms with van der Waals surface area (Å²) in [6.45, 7) is 0. The van der Waals surface area contributed by atoms with Gasteiger partial charge >= 0.3 is 69.9 Å². The zero-order chi connectivity index (χ0) is 4.50. The van der Waals surface area contributed by atoms with Gasteiger partial charge in [0, 0.05) is 10.4 Å². The van der Waals surface area contributed by atoms with E-state index in [0.717, 1.165) is 0 Å². The van der Waals surface area contributed by atoms with Crippen molar-refractivity contribution in [2.24, 2.45) is 0 Å². The first-order chi connectivity index (χ1) is 2.00. The first-order valence-corrected chi connectivity index (χ1v) is 2.00. The van der Waals surface area contributed by atoms with Gasteiger partial charge < -0.3 is 9.11 Å². The summed E-state index contributed by atoms with van der Waals surface area (Å²) in [6, 6.07) is 0. The molecule has 0 aliphatic rings. The normalized spacial score (nSPS) is 8.29. The second-order valence-electron chi connectivity index (χ2n) is 0.408. The van der Waals surface area contributed by atoms with Crippen molar-refractivity contribution in [3.05, 3.63) is 0 Å². The molecule has 0 atom stereocenters. The molecule has 0 aliphatic heterocycles. The van der Waals surface area contributed by atoms with Crippen molar-refractivity contribution in [1.29, 1.82) is 0 Å². The molecule has 0 spiro atoms. The molecule has 0 bridgehead atoms. The van der Waals surface area contributed by atoms with E-state index in [2.05, 4.69) is 0 Å². The van der Waals surface area contributed by atoms with Crippen LogP contribution in [-0.2, 0) is 10.4 Å². The average Bonchev–Trinajstić information content (AvgIpc) is 0.722. The van der Waals surface area contributed by atoms with Crippen molar-refractivity contribution < 1.29 is 17.5 Å². The van der Waals surface area contributed by atoms with Crippen LogP contribution in [0.3, 0.4) is 0 Å². The average molecular weight is 305 g/mol. The second-order valence-corrected chi connectivity index (χ2v) is 1.22. The molecular formula is O4SSbSr+3. The van der Waals surface area contributed by atoms with Crippen LogP contribution in [0.25, 0.3) is 0 Å². The van der Waals surface area contributed by atoms with E-state index >= 15 is 0 Å². The summed E-state index contributed by atoms with van der Waals surface area (Å²) in [7, 11) is -5.17. The maximum Gasteiger partial charge on any atom is 3.00 e. The summed E-state index contributed by atoms with van der Waals surface area (Å²) in [4.78, 5) is 0. The summed E-state index contributed by atoms with van der Waals surface area (Å²) in [5.41, 5.74) is 0. The van der Waals surface area contributed by atoms with Crippen LogP contribution in [0.5, 0.6) is 0 Å². The molecule has 0 N–H and O–H groups in total. The number of rotatable bonds is 0. The van der Waals surface area contributed by atoms with E-state index in [9.17, 15) is 0 Å². The Morgan fingerprint density at radius 3 is 1.14 bits per heavy atom. The SMILES string of the molecule is O=S(=O)([O-])[O-].[Sb+3].[Sr+2]. The first kappa shape index (κ1) is 16.1. The van der Waals surface area contributed by atoms with Crippen molar-refractivity contribution in [3.63, 3.8) is 0 Å². The molecule has 0 aromatic carbocycles. The molecule has 0 aliphatic carbocycles. The van der Waals surface area contributed by atoms with Crippen molar-refractivity contribution in [1.82, 2.24) is 0 Å². The fourth-order valence-electron chi connectivity index (χ4n) is 0. The molecule has 0 fully saturated rings. The minimum atomic E-state index is -5.17. The first-order valence-electron chi connectivity index (χ1n) is 0.667. The summed E-state index contributed by atoms with van der Waals surface area (Å²) < 4.78 is 34.1. The van der Waals surface area contributed by atoms with Gasteiger partial charge in [0.2, 0.25) is 0 Å². The topological polar surface area (TPSA) is 80.3 Å². The monoisotopic (exact) mass is 305 g/mol. The zero-order valence-electron chi connectivity index (χ0n) is 3.20.